The molecule has 7 heteroatoms. The fourth-order valence-electron chi connectivity index (χ4n) is 1.05. The Balaban J connectivity index is 3.11. The van der Waals surface area contributed by atoms with Crippen molar-refractivity contribution in [3.8, 4) is 0 Å². The number of aryl methyl sites for hydroxylation is 1. The van der Waals surface area contributed by atoms with Gasteiger partial charge in [0.2, 0.25) is 0 Å². The maximum atomic E-state index is 12.2. The van der Waals surface area contributed by atoms with Crippen LogP contribution in [-0.4, -0.2) is 21.1 Å². The Morgan fingerprint density at radius 3 is 2.64 bits per heavy atom. The van der Waals surface area contributed by atoms with Crippen molar-refractivity contribution in [2.24, 2.45) is 0 Å². The lowest BCUT2D eigenvalue weighted by Crippen LogP contribution is -2.23. The molecule has 1 aromatic rings. The second-order valence-corrected chi connectivity index (χ2v) is 3.04. The van der Waals surface area contributed by atoms with E-state index in [0.29, 0.717) is 0 Å². The van der Waals surface area contributed by atoms with Crippen LogP contribution in [0.5, 0.6) is 0 Å². The fraction of sp³-hybridized carbons (Fsp3) is 0.571. The summed E-state index contributed by atoms with van der Waals surface area (Å²) in [5, 5.41) is 12.4. The van der Waals surface area contributed by atoms with Crippen molar-refractivity contribution in [2.75, 3.05) is 0 Å². The van der Waals surface area contributed by atoms with E-state index in [0.717, 1.165) is 10.9 Å². The summed E-state index contributed by atoms with van der Waals surface area (Å²) in [6.07, 6.45) is -6.23. The molecule has 0 spiro atoms. The van der Waals surface area contributed by atoms with Crippen LogP contribution in [0.1, 0.15) is 18.7 Å². The first-order valence-corrected chi connectivity index (χ1v) is 4.21. The highest BCUT2D eigenvalue weighted by molar-refractivity contribution is 6.31. The quantitative estimate of drug-likeness (QED) is 0.842. The Kier molecular flexibility index (Phi) is 3.06. The third kappa shape index (κ3) is 2.01. The normalized spacial score (nSPS) is 14.4. The monoisotopic (exact) mass is 228 g/mol. The number of hydrogen-bond acceptors (Lipinski definition) is 2. The Labute approximate surface area is 83.1 Å². The number of rotatable bonds is 2. The maximum absolute atomic E-state index is 12.2. The summed E-state index contributed by atoms with van der Waals surface area (Å²) in [6, 6.07) is 0. The molecule has 0 bridgehead atoms. The van der Waals surface area contributed by atoms with Crippen molar-refractivity contribution < 1.29 is 18.3 Å². The van der Waals surface area contributed by atoms with Crippen molar-refractivity contribution in [1.82, 2.24) is 9.78 Å². The molecule has 0 unspecified atom stereocenters. The molecule has 0 aromatic carbocycles. The van der Waals surface area contributed by atoms with Gasteiger partial charge in [0.05, 0.1) is 16.9 Å². The van der Waals surface area contributed by atoms with E-state index in [-0.39, 0.29) is 11.6 Å². The molecule has 1 heterocycles. The minimum atomic E-state index is -4.73. The lowest BCUT2D eigenvalue weighted by molar-refractivity contribution is -0.208. The summed E-state index contributed by atoms with van der Waals surface area (Å²) in [6.45, 7) is 1.82. The van der Waals surface area contributed by atoms with Gasteiger partial charge in [0, 0.05) is 6.54 Å². The van der Waals surface area contributed by atoms with Gasteiger partial charge in [-0.15, -0.1) is 0 Å². The van der Waals surface area contributed by atoms with E-state index in [9.17, 15) is 13.2 Å². The molecule has 14 heavy (non-hydrogen) atoms. The van der Waals surface area contributed by atoms with Crippen LogP contribution in [-0.2, 0) is 6.54 Å². The topological polar surface area (TPSA) is 38.0 Å². The number of nitrogens with zero attached hydrogens (tertiary/aromatic N) is 2. The standard InChI is InChI=1S/C7H8ClF3N2O/c1-2-13-5(4(8)3-12-13)6(14)7(9,10)11/h3,6,14H,2H2,1H3/t6-/m1/s1. The first-order chi connectivity index (χ1) is 6.38. The van der Waals surface area contributed by atoms with Gasteiger partial charge in [0.15, 0.2) is 6.10 Å². The highest BCUT2D eigenvalue weighted by Crippen LogP contribution is 2.35. The van der Waals surface area contributed by atoms with E-state index in [4.69, 9.17) is 16.7 Å². The van der Waals surface area contributed by atoms with Gasteiger partial charge in [-0.2, -0.15) is 18.3 Å². The zero-order valence-electron chi connectivity index (χ0n) is 7.22. The van der Waals surface area contributed by atoms with Gasteiger partial charge in [-0.3, -0.25) is 4.68 Å². The SMILES string of the molecule is CCn1ncc(Cl)c1[C@@H](O)C(F)(F)F. The molecule has 0 saturated heterocycles. The molecule has 80 valence electrons. The van der Waals surface area contributed by atoms with Gasteiger partial charge < -0.3 is 5.11 Å². The highest BCUT2D eigenvalue weighted by Gasteiger charge is 2.42. The fourth-order valence-corrected chi connectivity index (χ4v) is 1.30. The number of halogens is 4. The third-order valence-corrected chi connectivity index (χ3v) is 1.99. The predicted molar refractivity (Wildman–Crippen MR) is 43.9 cm³/mol. The van der Waals surface area contributed by atoms with E-state index in [1.165, 1.54) is 0 Å². The largest absolute Gasteiger partial charge is 0.420 e. The van der Waals surface area contributed by atoms with Crippen LogP contribution in [0.25, 0.3) is 0 Å². The molecule has 0 radical (unpaired) electrons. The Hall–Kier alpha value is -0.750. The molecule has 1 aromatic heterocycles. The average Bonchev–Trinajstić information content (AvgIpc) is 2.43. The average molecular weight is 229 g/mol. The zero-order valence-corrected chi connectivity index (χ0v) is 7.97. The molecule has 3 nitrogen and oxygen atoms in total. The molecule has 1 N–H and O–H groups in total. The van der Waals surface area contributed by atoms with Gasteiger partial charge in [0.1, 0.15) is 0 Å². The third-order valence-electron chi connectivity index (χ3n) is 1.70. The van der Waals surface area contributed by atoms with Crippen LogP contribution in [0.2, 0.25) is 5.02 Å². The highest BCUT2D eigenvalue weighted by atomic mass is 35.5. The second kappa shape index (κ2) is 3.78. The van der Waals surface area contributed by atoms with Gasteiger partial charge in [-0.1, -0.05) is 11.6 Å². The lowest BCUT2D eigenvalue weighted by atomic mass is 10.2. The Morgan fingerprint density at radius 2 is 2.21 bits per heavy atom. The van der Waals surface area contributed by atoms with Crippen molar-refractivity contribution in [3.05, 3.63) is 16.9 Å². The van der Waals surface area contributed by atoms with E-state index < -0.39 is 18.0 Å². The van der Waals surface area contributed by atoms with Crippen LogP contribution >= 0.6 is 11.6 Å². The number of aromatic nitrogens is 2. The van der Waals surface area contributed by atoms with Gasteiger partial charge >= 0.3 is 6.18 Å². The number of aliphatic hydroxyl groups is 1. The number of aliphatic hydroxyl groups excluding tert-OH is 1. The zero-order chi connectivity index (χ0) is 10.9. The van der Waals surface area contributed by atoms with Crippen molar-refractivity contribution in [1.29, 1.82) is 0 Å². The Morgan fingerprint density at radius 1 is 1.64 bits per heavy atom. The van der Waals surface area contributed by atoms with Crippen molar-refractivity contribution in [3.63, 3.8) is 0 Å². The molecule has 0 saturated carbocycles. The van der Waals surface area contributed by atoms with Crippen LogP contribution in [0.4, 0.5) is 13.2 Å². The van der Waals surface area contributed by atoms with Crippen LogP contribution in [0, 0.1) is 0 Å². The van der Waals surface area contributed by atoms with Gasteiger partial charge in [-0.25, -0.2) is 0 Å². The summed E-state index contributed by atoms with van der Waals surface area (Å²) in [5.74, 6) is 0. The van der Waals surface area contributed by atoms with Crippen LogP contribution < -0.4 is 0 Å². The molecule has 0 fully saturated rings. The van der Waals surface area contributed by atoms with Crippen molar-refractivity contribution in [2.45, 2.75) is 25.7 Å². The minimum absolute atomic E-state index is 0.184. The molecule has 1 rings (SSSR count). The van der Waals surface area contributed by atoms with E-state index in [2.05, 4.69) is 5.10 Å². The minimum Gasteiger partial charge on any atom is -0.378 e. The second-order valence-electron chi connectivity index (χ2n) is 2.64. The molecular formula is C7H8ClF3N2O. The lowest BCUT2D eigenvalue weighted by Gasteiger charge is -2.15. The molecular weight excluding hydrogens is 221 g/mol. The summed E-state index contributed by atoms with van der Waals surface area (Å²) in [4.78, 5) is 0. The van der Waals surface area contributed by atoms with E-state index in [1.807, 2.05) is 0 Å². The van der Waals surface area contributed by atoms with Gasteiger partial charge in [0.25, 0.3) is 0 Å². The summed E-state index contributed by atoms with van der Waals surface area (Å²) >= 11 is 5.48. The molecule has 0 amide bonds. The van der Waals surface area contributed by atoms with E-state index >= 15 is 0 Å². The Bertz CT molecular complexity index is 323. The van der Waals surface area contributed by atoms with Crippen LogP contribution in [0.3, 0.4) is 0 Å². The van der Waals surface area contributed by atoms with Gasteiger partial charge in [-0.05, 0) is 6.92 Å². The number of hydrogen-bond donors (Lipinski definition) is 1. The molecule has 0 aliphatic carbocycles. The first-order valence-electron chi connectivity index (χ1n) is 3.84. The first kappa shape index (κ1) is 11.3. The molecule has 1 atom stereocenters. The summed E-state index contributed by atoms with van der Waals surface area (Å²) < 4.78 is 37.5. The molecule has 0 aliphatic rings. The van der Waals surface area contributed by atoms with Crippen LogP contribution in [0.15, 0.2) is 6.20 Å². The number of alkyl halides is 3. The smallest absolute Gasteiger partial charge is 0.378 e. The summed E-state index contributed by atoms with van der Waals surface area (Å²) in [7, 11) is 0. The van der Waals surface area contributed by atoms with E-state index in [1.54, 1.807) is 6.92 Å². The van der Waals surface area contributed by atoms with Crippen molar-refractivity contribution >= 4 is 11.6 Å². The summed E-state index contributed by atoms with van der Waals surface area (Å²) in [5.41, 5.74) is -0.415. The predicted octanol–water partition coefficient (Wildman–Crippen LogP) is 2.15. The molecule has 0 aliphatic heterocycles. The maximum Gasteiger partial charge on any atom is 0.420 e.